The van der Waals surface area contributed by atoms with Crippen molar-refractivity contribution in [3.8, 4) is 0 Å². The van der Waals surface area contributed by atoms with Crippen molar-refractivity contribution in [2.75, 3.05) is 16.8 Å². The molecule has 2 N–H and O–H groups in total. The molecule has 0 aliphatic carbocycles. The molecule has 0 spiro atoms. The summed E-state index contributed by atoms with van der Waals surface area (Å²) in [5, 5.41) is 3.11. The van der Waals surface area contributed by atoms with Crippen molar-refractivity contribution in [2.24, 2.45) is 0 Å². The number of hydrogen-bond donors (Lipinski definition) is 2. The molecule has 6 heteroatoms. The molecule has 1 aromatic heterocycles. The van der Waals surface area contributed by atoms with Gasteiger partial charge in [0.05, 0.1) is 5.69 Å². The fourth-order valence-corrected chi connectivity index (χ4v) is 3.19. The Morgan fingerprint density at radius 1 is 1.28 bits per heavy atom. The van der Waals surface area contributed by atoms with E-state index in [2.05, 4.69) is 15.3 Å². The van der Waals surface area contributed by atoms with Gasteiger partial charge in [0.15, 0.2) is 0 Å². The van der Waals surface area contributed by atoms with E-state index >= 15 is 0 Å². The Morgan fingerprint density at radius 2 is 2.04 bits per heavy atom. The lowest BCUT2D eigenvalue weighted by atomic mass is 10.0. The van der Waals surface area contributed by atoms with Crippen LogP contribution in [0.2, 0.25) is 0 Å². The summed E-state index contributed by atoms with van der Waals surface area (Å²) in [6.07, 6.45) is 0.366. The molecular formula is C19H24N4O2. The molecule has 6 nitrogen and oxygen atoms in total. The maximum absolute atomic E-state index is 12.6. The van der Waals surface area contributed by atoms with Gasteiger partial charge in [0, 0.05) is 36.7 Å². The lowest BCUT2D eigenvalue weighted by Gasteiger charge is -2.20. The Hall–Kier alpha value is -2.63. The fraction of sp³-hybridized carbons (Fsp3) is 0.421. The zero-order chi connectivity index (χ0) is 18.1. The van der Waals surface area contributed by atoms with E-state index in [-0.39, 0.29) is 23.4 Å². The van der Waals surface area contributed by atoms with Crippen LogP contribution in [0.3, 0.4) is 0 Å². The zero-order valence-corrected chi connectivity index (χ0v) is 15.1. The molecule has 1 fully saturated rings. The smallest absolute Gasteiger partial charge is 0.252 e. The van der Waals surface area contributed by atoms with Crippen molar-refractivity contribution in [3.05, 3.63) is 51.4 Å². The highest BCUT2D eigenvalue weighted by molar-refractivity contribution is 5.97. The number of anilines is 2. The topological polar surface area (TPSA) is 78.1 Å². The molecule has 1 aliphatic rings. The fourth-order valence-electron chi connectivity index (χ4n) is 3.19. The van der Waals surface area contributed by atoms with Crippen LogP contribution in [-0.4, -0.2) is 28.5 Å². The largest absolute Gasteiger partial charge is 0.354 e. The van der Waals surface area contributed by atoms with Gasteiger partial charge in [0.2, 0.25) is 11.9 Å². The van der Waals surface area contributed by atoms with Gasteiger partial charge in [-0.1, -0.05) is 12.1 Å². The van der Waals surface area contributed by atoms with E-state index < -0.39 is 0 Å². The average Bonchev–Trinajstić information content (AvgIpc) is 2.90. The van der Waals surface area contributed by atoms with Crippen LogP contribution in [0.1, 0.15) is 43.0 Å². The van der Waals surface area contributed by atoms with Crippen molar-refractivity contribution in [3.63, 3.8) is 0 Å². The Balaban J connectivity index is 1.89. The van der Waals surface area contributed by atoms with Gasteiger partial charge in [-0.3, -0.25) is 14.6 Å². The van der Waals surface area contributed by atoms with Crippen molar-refractivity contribution in [1.29, 1.82) is 0 Å². The second kappa shape index (κ2) is 6.70. The summed E-state index contributed by atoms with van der Waals surface area (Å²) in [5.74, 6) is 0.441. The molecule has 1 aliphatic heterocycles. The summed E-state index contributed by atoms with van der Waals surface area (Å²) in [7, 11) is 0. The molecule has 1 aromatic carbocycles. The summed E-state index contributed by atoms with van der Waals surface area (Å²) in [6, 6.07) is 7.64. The number of hydrogen-bond acceptors (Lipinski definition) is 4. The Labute approximate surface area is 147 Å². The van der Waals surface area contributed by atoms with Gasteiger partial charge in [-0.05, 0) is 44.9 Å². The molecule has 132 valence electrons. The first-order chi connectivity index (χ1) is 11.8. The van der Waals surface area contributed by atoms with E-state index in [1.54, 1.807) is 0 Å². The Morgan fingerprint density at radius 3 is 2.76 bits per heavy atom. The Kier molecular flexibility index (Phi) is 4.61. The second-order valence-electron chi connectivity index (χ2n) is 6.94. The highest BCUT2D eigenvalue weighted by Gasteiger charge is 2.33. The predicted octanol–water partition coefficient (Wildman–Crippen LogP) is 2.73. The van der Waals surface area contributed by atoms with Gasteiger partial charge in [-0.25, -0.2) is 4.98 Å². The average molecular weight is 340 g/mol. The van der Waals surface area contributed by atoms with Crippen molar-refractivity contribution in [2.45, 2.75) is 46.1 Å². The summed E-state index contributed by atoms with van der Waals surface area (Å²) in [6.45, 7) is 8.57. The monoisotopic (exact) mass is 340 g/mol. The number of H-pyrrole nitrogens is 1. The third kappa shape index (κ3) is 3.57. The number of benzene rings is 1. The maximum Gasteiger partial charge on any atom is 0.252 e. The van der Waals surface area contributed by atoms with Crippen molar-refractivity contribution >= 4 is 17.5 Å². The van der Waals surface area contributed by atoms with E-state index in [1.165, 1.54) is 6.07 Å². The number of carbonyl (C=O) groups excluding carboxylic acids is 1. The van der Waals surface area contributed by atoms with Crippen LogP contribution in [0.15, 0.2) is 29.1 Å². The molecule has 1 atom stereocenters. The maximum atomic E-state index is 12.6. The molecule has 2 heterocycles. The number of aromatic nitrogens is 2. The normalized spacial score (nSPS) is 17.4. The van der Waals surface area contributed by atoms with Crippen LogP contribution in [-0.2, 0) is 4.79 Å². The van der Waals surface area contributed by atoms with E-state index in [4.69, 9.17) is 0 Å². The summed E-state index contributed by atoms with van der Waals surface area (Å²) < 4.78 is 0. The molecular weight excluding hydrogens is 316 g/mol. The molecule has 0 radical (unpaired) electrons. The van der Waals surface area contributed by atoms with Crippen LogP contribution in [0.5, 0.6) is 0 Å². The van der Waals surface area contributed by atoms with Gasteiger partial charge in [0.1, 0.15) is 0 Å². The minimum atomic E-state index is -0.203. The second-order valence-corrected chi connectivity index (χ2v) is 6.94. The minimum Gasteiger partial charge on any atom is -0.354 e. The number of aryl methyl sites for hydroxylation is 1. The number of amides is 1. The number of carbonyl (C=O) groups is 1. The van der Waals surface area contributed by atoms with Crippen LogP contribution in [0.25, 0.3) is 0 Å². The molecule has 0 bridgehead atoms. The SMILES string of the molecule is Cc1cccc(N2C[C@@H](c3cc(=O)[nH]c(NC(C)C)n3)CC2=O)c1C. The summed E-state index contributed by atoms with van der Waals surface area (Å²) >= 11 is 0. The van der Waals surface area contributed by atoms with Crippen LogP contribution in [0, 0.1) is 13.8 Å². The molecule has 0 unspecified atom stereocenters. The first-order valence-electron chi connectivity index (χ1n) is 8.59. The van der Waals surface area contributed by atoms with E-state index in [1.807, 2.05) is 50.8 Å². The lowest BCUT2D eigenvalue weighted by Crippen LogP contribution is -2.25. The predicted molar refractivity (Wildman–Crippen MR) is 99.2 cm³/mol. The highest BCUT2D eigenvalue weighted by atomic mass is 16.2. The molecule has 1 saturated heterocycles. The highest BCUT2D eigenvalue weighted by Crippen LogP contribution is 2.33. The van der Waals surface area contributed by atoms with Crippen molar-refractivity contribution in [1.82, 2.24) is 9.97 Å². The first-order valence-corrected chi connectivity index (χ1v) is 8.59. The van der Waals surface area contributed by atoms with Crippen molar-refractivity contribution < 1.29 is 4.79 Å². The zero-order valence-electron chi connectivity index (χ0n) is 15.1. The number of aromatic amines is 1. The standard InChI is InChI=1S/C19H24N4O2/c1-11(2)20-19-21-15(9-17(24)22-19)14-8-18(25)23(10-14)16-7-5-6-12(3)13(16)4/h5-7,9,11,14H,8,10H2,1-4H3,(H2,20,21,22,24)/t14-/m0/s1. The van der Waals surface area contributed by atoms with Gasteiger partial charge in [-0.2, -0.15) is 0 Å². The first kappa shape index (κ1) is 17.2. The van der Waals surface area contributed by atoms with Gasteiger partial charge < -0.3 is 10.2 Å². The van der Waals surface area contributed by atoms with Crippen LogP contribution in [0.4, 0.5) is 11.6 Å². The summed E-state index contributed by atoms with van der Waals surface area (Å²) in [5.41, 5.74) is 3.67. The quantitative estimate of drug-likeness (QED) is 0.897. The van der Waals surface area contributed by atoms with Gasteiger partial charge in [0.25, 0.3) is 5.56 Å². The van der Waals surface area contributed by atoms with Gasteiger partial charge in [-0.15, -0.1) is 0 Å². The number of nitrogens with zero attached hydrogens (tertiary/aromatic N) is 2. The van der Waals surface area contributed by atoms with E-state index in [9.17, 15) is 9.59 Å². The summed E-state index contributed by atoms with van der Waals surface area (Å²) in [4.78, 5) is 33.5. The van der Waals surface area contributed by atoms with Crippen LogP contribution < -0.4 is 15.8 Å². The van der Waals surface area contributed by atoms with Gasteiger partial charge >= 0.3 is 0 Å². The minimum absolute atomic E-state index is 0.0687. The molecule has 3 rings (SSSR count). The van der Waals surface area contributed by atoms with Crippen LogP contribution >= 0.6 is 0 Å². The Bertz CT molecular complexity index is 857. The molecule has 25 heavy (non-hydrogen) atoms. The third-order valence-corrected chi connectivity index (χ3v) is 4.60. The van der Waals surface area contributed by atoms with E-state index in [0.29, 0.717) is 24.6 Å². The lowest BCUT2D eigenvalue weighted by molar-refractivity contribution is -0.117. The van der Waals surface area contributed by atoms with E-state index in [0.717, 1.165) is 16.8 Å². The third-order valence-electron chi connectivity index (χ3n) is 4.60. The number of rotatable bonds is 4. The molecule has 1 amide bonds. The molecule has 0 saturated carbocycles. The number of nitrogens with one attached hydrogen (secondary N) is 2. The molecule has 2 aromatic rings.